The Morgan fingerprint density at radius 3 is 2.66 bits per heavy atom. The van der Waals surface area contributed by atoms with E-state index < -0.39 is 0 Å². The summed E-state index contributed by atoms with van der Waals surface area (Å²) in [6.07, 6.45) is 2.39. The van der Waals surface area contributed by atoms with E-state index in [0.717, 1.165) is 17.4 Å². The van der Waals surface area contributed by atoms with Crippen LogP contribution in [-0.2, 0) is 17.8 Å². The van der Waals surface area contributed by atoms with Gasteiger partial charge in [0.15, 0.2) is 11.6 Å². The lowest BCUT2D eigenvalue weighted by Crippen LogP contribution is -2.32. The van der Waals surface area contributed by atoms with E-state index in [1.54, 1.807) is 13.1 Å². The van der Waals surface area contributed by atoms with Gasteiger partial charge in [-0.3, -0.25) is 9.59 Å². The monoisotopic (exact) mass is 431 g/mol. The van der Waals surface area contributed by atoms with Gasteiger partial charge in [0.25, 0.3) is 0 Å². The van der Waals surface area contributed by atoms with E-state index in [2.05, 4.69) is 20.7 Å². The van der Waals surface area contributed by atoms with E-state index in [0.29, 0.717) is 30.1 Å². The van der Waals surface area contributed by atoms with E-state index >= 15 is 0 Å². The van der Waals surface area contributed by atoms with Gasteiger partial charge in [-0.25, -0.2) is 4.98 Å². The molecule has 0 saturated carbocycles. The number of nitrogens with two attached hydrogens (primary N) is 1. The zero-order chi connectivity index (χ0) is 22.7. The molecule has 0 aliphatic rings. The van der Waals surface area contributed by atoms with Gasteiger partial charge in [-0.15, -0.1) is 5.10 Å². The van der Waals surface area contributed by atoms with E-state index in [-0.39, 0.29) is 17.3 Å². The fourth-order valence-electron chi connectivity index (χ4n) is 3.51. The van der Waals surface area contributed by atoms with Crippen molar-refractivity contribution in [3.05, 3.63) is 81.9 Å². The minimum Gasteiger partial charge on any atom is -0.382 e. The predicted octanol–water partition coefficient (Wildman–Crippen LogP) is 2.09. The van der Waals surface area contributed by atoms with Crippen LogP contribution >= 0.6 is 0 Å². The van der Waals surface area contributed by atoms with Crippen molar-refractivity contribution in [2.75, 3.05) is 17.6 Å². The van der Waals surface area contributed by atoms with Gasteiger partial charge in [0.2, 0.25) is 5.91 Å². The number of nitrogens with one attached hydrogen (secondary N) is 2. The number of fused-ring (bicyclic) bond motifs is 1. The zero-order valence-electron chi connectivity index (χ0n) is 18.0. The minimum absolute atomic E-state index is 0.120. The molecule has 2 aromatic heterocycles. The summed E-state index contributed by atoms with van der Waals surface area (Å²) < 4.78 is 1.44. The van der Waals surface area contributed by atoms with Crippen LogP contribution in [0.15, 0.2) is 59.5 Å². The van der Waals surface area contributed by atoms with E-state index in [1.165, 1.54) is 22.0 Å². The van der Waals surface area contributed by atoms with Crippen molar-refractivity contribution < 1.29 is 4.79 Å². The number of carbonyl (C=O) groups is 1. The lowest BCUT2D eigenvalue weighted by molar-refractivity contribution is -0.119. The number of hydrogen-bond donors (Lipinski definition) is 3. The summed E-state index contributed by atoms with van der Waals surface area (Å²) in [7, 11) is 0. The van der Waals surface area contributed by atoms with Crippen LogP contribution < -0.4 is 21.9 Å². The maximum Gasteiger partial charge on any atom is 0.313 e. The zero-order valence-corrected chi connectivity index (χ0v) is 18.0. The van der Waals surface area contributed by atoms with Crippen molar-refractivity contribution >= 4 is 28.4 Å². The molecule has 0 saturated heterocycles. The number of amides is 1. The lowest BCUT2D eigenvalue weighted by atomic mass is 10.1. The summed E-state index contributed by atoms with van der Waals surface area (Å²) in [5.41, 5.74) is 9.11. The second kappa shape index (κ2) is 8.93. The molecule has 0 bridgehead atoms. The number of hydrogen-bond acceptors (Lipinski definition) is 6. The van der Waals surface area contributed by atoms with Gasteiger partial charge in [-0.1, -0.05) is 36.4 Å². The maximum atomic E-state index is 13.3. The summed E-state index contributed by atoms with van der Waals surface area (Å²) in [5, 5.41) is 11.0. The molecule has 0 aliphatic carbocycles. The Bertz CT molecular complexity index is 1330. The van der Waals surface area contributed by atoms with Gasteiger partial charge in [0.05, 0.1) is 17.4 Å². The average molecular weight is 432 g/mol. The second-order valence-electron chi connectivity index (χ2n) is 7.56. The number of aryl methyl sites for hydroxylation is 1. The Labute approximate surface area is 184 Å². The van der Waals surface area contributed by atoms with E-state index in [4.69, 9.17) is 5.73 Å². The molecule has 4 aromatic rings. The Kier molecular flexibility index (Phi) is 5.89. The van der Waals surface area contributed by atoms with Crippen molar-refractivity contribution in [1.29, 1.82) is 0 Å². The van der Waals surface area contributed by atoms with Crippen LogP contribution in [0.5, 0.6) is 0 Å². The summed E-state index contributed by atoms with van der Waals surface area (Å²) in [5.74, 6) is 0.432. The van der Waals surface area contributed by atoms with Gasteiger partial charge < -0.3 is 16.4 Å². The van der Waals surface area contributed by atoms with Gasteiger partial charge >= 0.3 is 5.56 Å². The van der Waals surface area contributed by atoms with Crippen LogP contribution in [0, 0.1) is 6.92 Å². The largest absolute Gasteiger partial charge is 0.382 e. The molecular weight excluding hydrogens is 406 g/mol. The number of benzene rings is 2. The minimum atomic E-state index is -0.324. The first kappa shape index (κ1) is 21.1. The number of carbonyl (C=O) groups excluding carboxylic acids is 1. The molecule has 9 nitrogen and oxygen atoms in total. The Morgan fingerprint density at radius 2 is 1.91 bits per heavy atom. The van der Waals surface area contributed by atoms with Gasteiger partial charge in [-0.2, -0.15) is 9.47 Å². The Balaban J connectivity index is 1.68. The molecule has 0 unspecified atom stereocenters. The predicted molar refractivity (Wildman–Crippen MR) is 124 cm³/mol. The summed E-state index contributed by atoms with van der Waals surface area (Å²) in [6.45, 7) is 4.19. The van der Waals surface area contributed by atoms with Gasteiger partial charge in [0.1, 0.15) is 0 Å². The van der Waals surface area contributed by atoms with Crippen molar-refractivity contribution in [2.45, 2.75) is 26.8 Å². The SMILES string of the molecule is CC(=O)NCc1ccc2c(N)nn(-n3c(C)cnc(NCCc4ccccc4)c3=O)c2c1. The molecule has 0 spiro atoms. The molecule has 1 amide bonds. The van der Waals surface area contributed by atoms with Crippen LogP contribution in [0.25, 0.3) is 10.9 Å². The highest BCUT2D eigenvalue weighted by atomic mass is 16.1. The van der Waals surface area contributed by atoms with Crippen molar-refractivity contribution in [1.82, 2.24) is 24.9 Å². The molecule has 0 fully saturated rings. The fraction of sp³-hybridized carbons (Fsp3) is 0.217. The molecule has 164 valence electrons. The smallest absolute Gasteiger partial charge is 0.313 e. The van der Waals surface area contributed by atoms with Crippen molar-refractivity contribution in [2.24, 2.45) is 0 Å². The molecule has 2 aromatic carbocycles. The number of nitrogens with zero attached hydrogens (tertiary/aromatic N) is 4. The summed E-state index contributed by atoms with van der Waals surface area (Å²) in [6, 6.07) is 15.6. The van der Waals surface area contributed by atoms with E-state index in [1.807, 2.05) is 48.5 Å². The quantitative estimate of drug-likeness (QED) is 0.412. The number of anilines is 2. The maximum absolute atomic E-state index is 13.3. The molecule has 2 heterocycles. The van der Waals surface area contributed by atoms with Crippen LogP contribution in [-0.4, -0.2) is 32.0 Å². The standard InChI is InChI=1S/C23H25N7O2/c1-15-13-27-22(25-11-10-17-6-4-3-5-7-17)23(32)29(15)30-20-12-18(14-26-16(2)31)8-9-19(20)21(24)28-30/h3-9,12-13H,10-11,14H2,1-2H3,(H2,24,28)(H,25,27)(H,26,31). The van der Waals surface area contributed by atoms with Crippen LogP contribution in [0.3, 0.4) is 0 Å². The molecule has 0 atom stereocenters. The Morgan fingerprint density at radius 1 is 1.12 bits per heavy atom. The number of aromatic nitrogens is 4. The first-order valence-corrected chi connectivity index (χ1v) is 10.3. The molecule has 9 heteroatoms. The highest BCUT2D eigenvalue weighted by Gasteiger charge is 2.15. The highest BCUT2D eigenvalue weighted by molar-refractivity contribution is 5.89. The molecule has 0 aliphatic heterocycles. The molecule has 32 heavy (non-hydrogen) atoms. The third kappa shape index (κ3) is 4.31. The molecular formula is C23H25N7O2. The van der Waals surface area contributed by atoms with Crippen LogP contribution in [0.1, 0.15) is 23.7 Å². The third-order valence-corrected chi connectivity index (χ3v) is 5.15. The first-order valence-electron chi connectivity index (χ1n) is 10.3. The third-order valence-electron chi connectivity index (χ3n) is 5.15. The number of nitrogen functional groups attached to an aromatic ring is 1. The van der Waals surface area contributed by atoms with Crippen molar-refractivity contribution in [3.63, 3.8) is 0 Å². The highest BCUT2D eigenvalue weighted by Crippen LogP contribution is 2.22. The summed E-state index contributed by atoms with van der Waals surface area (Å²) >= 11 is 0. The van der Waals surface area contributed by atoms with Crippen molar-refractivity contribution in [3.8, 4) is 0 Å². The first-order chi connectivity index (χ1) is 15.4. The van der Waals surface area contributed by atoms with Gasteiger partial charge in [-0.05, 0) is 36.6 Å². The average Bonchev–Trinajstić information content (AvgIpc) is 3.10. The molecule has 0 radical (unpaired) electrons. The Hall–Kier alpha value is -4.14. The normalized spacial score (nSPS) is 10.9. The fourth-order valence-corrected chi connectivity index (χ4v) is 3.51. The second-order valence-corrected chi connectivity index (χ2v) is 7.56. The van der Waals surface area contributed by atoms with Gasteiger partial charge in [0, 0.05) is 25.4 Å². The molecule has 4 rings (SSSR count). The molecule has 4 N–H and O–H groups in total. The topological polar surface area (TPSA) is 120 Å². The van der Waals surface area contributed by atoms with E-state index in [9.17, 15) is 9.59 Å². The lowest BCUT2D eigenvalue weighted by Gasteiger charge is -2.13. The van der Waals surface area contributed by atoms with Crippen LogP contribution in [0.2, 0.25) is 0 Å². The number of rotatable bonds is 7. The summed E-state index contributed by atoms with van der Waals surface area (Å²) in [4.78, 5) is 30.3. The van der Waals surface area contributed by atoms with Crippen LogP contribution in [0.4, 0.5) is 11.6 Å².